The van der Waals surface area contributed by atoms with E-state index in [-0.39, 0.29) is 29.6 Å². The molecule has 0 unspecified atom stereocenters. The van der Waals surface area contributed by atoms with Gasteiger partial charge in [-0.15, -0.1) is 0 Å². The summed E-state index contributed by atoms with van der Waals surface area (Å²) in [4.78, 5) is 9.84. The maximum atomic E-state index is 9.84. The summed E-state index contributed by atoms with van der Waals surface area (Å²) in [5.74, 6) is 0. The molecule has 0 aliphatic carbocycles. The predicted molar refractivity (Wildman–Crippen MR) is 71.0 cm³/mol. The topological polar surface area (TPSA) is 26.3 Å². The molecule has 92 valence electrons. The molecule has 0 amide bonds. The summed E-state index contributed by atoms with van der Waals surface area (Å²) in [7, 11) is 0. The Hall–Kier alpha value is 0.470. The fourth-order valence-corrected chi connectivity index (χ4v) is 1.72. The maximum absolute atomic E-state index is 9.84. The molecular formula is C13H27NaO2. The average molecular weight is 238 g/mol. The summed E-state index contributed by atoms with van der Waals surface area (Å²) in [5.41, 5.74) is 0. The van der Waals surface area contributed by atoms with Crippen molar-refractivity contribution in [3.63, 3.8) is 0 Å². The number of carbonyl (C=O) groups excluding carboxylic acids is 1. The molecule has 2 nitrogen and oxygen atoms in total. The molecule has 0 saturated carbocycles. The van der Waals surface area contributed by atoms with Gasteiger partial charge in [-0.05, 0) is 6.42 Å². The van der Waals surface area contributed by atoms with E-state index in [0.29, 0.717) is 13.1 Å². The molecule has 0 aliphatic heterocycles. The minimum atomic E-state index is 0. The zero-order chi connectivity index (χ0) is 11.2. The molecule has 0 N–H and O–H groups in total. The van der Waals surface area contributed by atoms with E-state index in [1.807, 2.05) is 0 Å². The molecular weight excluding hydrogens is 211 g/mol. The van der Waals surface area contributed by atoms with Gasteiger partial charge in [-0.1, -0.05) is 64.7 Å². The van der Waals surface area contributed by atoms with Gasteiger partial charge in [0.2, 0.25) is 0 Å². The first-order valence-corrected chi connectivity index (χ1v) is 6.47. The van der Waals surface area contributed by atoms with Crippen molar-refractivity contribution in [3.8, 4) is 0 Å². The first-order chi connectivity index (χ1) is 7.41. The fourth-order valence-electron chi connectivity index (χ4n) is 1.72. The van der Waals surface area contributed by atoms with Crippen molar-refractivity contribution in [2.45, 2.75) is 71.1 Å². The molecule has 0 aromatic rings. The summed E-state index contributed by atoms with van der Waals surface area (Å²) >= 11 is 0. The van der Waals surface area contributed by atoms with Crippen LogP contribution in [0.3, 0.4) is 0 Å². The van der Waals surface area contributed by atoms with Crippen molar-refractivity contribution in [2.75, 3.05) is 6.61 Å². The van der Waals surface area contributed by atoms with Crippen LogP contribution in [0.5, 0.6) is 0 Å². The molecule has 0 rings (SSSR count). The van der Waals surface area contributed by atoms with E-state index in [1.165, 1.54) is 57.8 Å². The van der Waals surface area contributed by atoms with E-state index in [4.69, 9.17) is 0 Å². The van der Waals surface area contributed by atoms with E-state index in [1.54, 1.807) is 0 Å². The van der Waals surface area contributed by atoms with Gasteiger partial charge in [0.05, 0.1) is 6.61 Å². The van der Waals surface area contributed by atoms with E-state index in [2.05, 4.69) is 11.7 Å². The SMILES string of the molecule is CCCCCCCCCCCCOC=O.[NaH]. The Morgan fingerprint density at radius 1 is 0.812 bits per heavy atom. The standard InChI is InChI=1S/C13H26O2.Na.H/c1-2-3-4-5-6-7-8-9-10-11-12-15-13-14;;/h13H,2-12H2,1H3;;. The molecule has 3 heteroatoms. The number of hydrogen-bond donors (Lipinski definition) is 0. The van der Waals surface area contributed by atoms with Gasteiger partial charge >= 0.3 is 29.6 Å². The number of rotatable bonds is 12. The normalized spacial score (nSPS) is 9.56. The van der Waals surface area contributed by atoms with Crippen LogP contribution in [0.2, 0.25) is 0 Å². The molecule has 0 heterocycles. The first-order valence-electron chi connectivity index (χ1n) is 6.47. The van der Waals surface area contributed by atoms with Crippen molar-refractivity contribution in [1.29, 1.82) is 0 Å². The molecule has 0 fully saturated rings. The van der Waals surface area contributed by atoms with Gasteiger partial charge in [-0.3, -0.25) is 4.79 Å². The van der Waals surface area contributed by atoms with Crippen molar-refractivity contribution in [2.24, 2.45) is 0 Å². The van der Waals surface area contributed by atoms with Crippen LogP contribution in [-0.2, 0) is 9.53 Å². The van der Waals surface area contributed by atoms with Gasteiger partial charge in [-0.25, -0.2) is 0 Å². The molecule has 0 saturated heterocycles. The molecule has 16 heavy (non-hydrogen) atoms. The first kappa shape index (κ1) is 18.8. The van der Waals surface area contributed by atoms with Gasteiger partial charge in [0.15, 0.2) is 0 Å². The van der Waals surface area contributed by atoms with Crippen LogP contribution >= 0.6 is 0 Å². The Morgan fingerprint density at radius 3 is 1.69 bits per heavy atom. The summed E-state index contributed by atoms with van der Waals surface area (Å²) in [6.45, 7) is 3.38. The van der Waals surface area contributed by atoms with E-state index < -0.39 is 0 Å². The zero-order valence-electron chi connectivity index (χ0n) is 10.2. The summed E-state index contributed by atoms with van der Waals surface area (Å²) < 4.78 is 4.62. The third-order valence-electron chi connectivity index (χ3n) is 2.68. The average Bonchev–Trinajstić information content (AvgIpc) is 2.26. The van der Waals surface area contributed by atoms with Gasteiger partial charge < -0.3 is 4.74 Å². The van der Waals surface area contributed by atoms with Crippen molar-refractivity contribution < 1.29 is 9.53 Å². The second kappa shape index (κ2) is 17.9. The van der Waals surface area contributed by atoms with Crippen LogP contribution in [0.25, 0.3) is 0 Å². The Labute approximate surface area is 123 Å². The van der Waals surface area contributed by atoms with Gasteiger partial charge in [0, 0.05) is 0 Å². The Morgan fingerprint density at radius 2 is 1.25 bits per heavy atom. The summed E-state index contributed by atoms with van der Waals surface area (Å²) in [6, 6.07) is 0. The fraction of sp³-hybridized carbons (Fsp3) is 0.923. The second-order valence-corrected chi connectivity index (χ2v) is 4.15. The number of unbranched alkanes of at least 4 members (excludes halogenated alkanes) is 9. The molecule has 0 aromatic heterocycles. The number of hydrogen-bond acceptors (Lipinski definition) is 2. The minimum absolute atomic E-state index is 0. The molecule has 0 atom stereocenters. The molecule has 0 bridgehead atoms. The van der Waals surface area contributed by atoms with Crippen LogP contribution in [0, 0.1) is 0 Å². The molecule has 0 radical (unpaired) electrons. The Kier molecular flexibility index (Phi) is 21.0. The van der Waals surface area contributed by atoms with Crippen LogP contribution in [-0.4, -0.2) is 42.6 Å². The summed E-state index contributed by atoms with van der Waals surface area (Å²) in [6.07, 6.45) is 13.1. The van der Waals surface area contributed by atoms with Gasteiger partial charge in [0.1, 0.15) is 0 Å². The Balaban J connectivity index is 0. The number of ether oxygens (including phenoxy) is 1. The monoisotopic (exact) mass is 238 g/mol. The van der Waals surface area contributed by atoms with Crippen LogP contribution in [0.4, 0.5) is 0 Å². The third kappa shape index (κ3) is 16.9. The second-order valence-electron chi connectivity index (χ2n) is 4.15. The van der Waals surface area contributed by atoms with E-state index >= 15 is 0 Å². The summed E-state index contributed by atoms with van der Waals surface area (Å²) in [5, 5.41) is 0. The van der Waals surface area contributed by atoms with Gasteiger partial charge in [-0.2, -0.15) is 0 Å². The van der Waals surface area contributed by atoms with Crippen molar-refractivity contribution >= 4 is 36.0 Å². The van der Waals surface area contributed by atoms with Crippen LogP contribution < -0.4 is 0 Å². The third-order valence-corrected chi connectivity index (χ3v) is 2.68. The quantitative estimate of drug-likeness (QED) is 0.296. The molecule has 0 aromatic carbocycles. The van der Waals surface area contributed by atoms with Crippen LogP contribution in [0.1, 0.15) is 71.1 Å². The number of carbonyl (C=O) groups is 1. The Bertz CT molecular complexity index is 129. The molecule has 0 spiro atoms. The van der Waals surface area contributed by atoms with E-state index in [0.717, 1.165) is 6.42 Å². The predicted octanol–water partition coefficient (Wildman–Crippen LogP) is 3.43. The zero-order valence-corrected chi connectivity index (χ0v) is 10.2. The van der Waals surface area contributed by atoms with Crippen molar-refractivity contribution in [3.05, 3.63) is 0 Å². The van der Waals surface area contributed by atoms with Crippen molar-refractivity contribution in [1.82, 2.24) is 0 Å². The van der Waals surface area contributed by atoms with E-state index in [9.17, 15) is 4.79 Å². The van der Waals surface area contributed by atoms with Crippen LogP contribution in [0.15, 0.2) is 0 Å². The molecule has 0 aliphatic rings. The van der Waals surface area contributed by atoms with Gasteiger partial charge in [0.25, 0.3) is 6.47 Å².